The van der Waals surface area contributed by atoms with Gasteiger partial charge in [0, 0.05) is 5.69 Å². The van der Waals surface area contributed by atoms with Crippen molar-refractivity contribution in [1.82, 2.24) is 5.43 Å². The molecular formula is C32H31FN4O5S. The molecule has 0 radical (unpaired) electrons. The topological polar surface area (TPSA) is 117 Å². The third-order valence-electron chi connectivity index (χ3n) is 6.52. The Morgan fingerprint density at radius 3 is 2.23 bits per heavy atom. The zero-order valence-electron chi connectivity index (χ0n) is 23.9. The largest absolute Gasteiger partial charge is 0.484 e. The van der Waals surface area contributed by atoms with Crippen LogP contribution in [-0.2, 0) is 19.6 Å². The van der Waals surface area contributed by atoms with Gasteiger partial charge >= 0.3 is 0 Å². The Balaban J connectivity index is 1.37. The maximum absolute atomic E-state index is 13.6. The summed E-state index contributed by atoms with van der Waals surface area (Å²) in [6.07, 6.45) is 1.40. The molecule has 0 spiro atoms. The summed E-state index contributed by atoms with van der Waals surface area (Å²) in [6.45, 7) is 4.82. The normalized spacial score (nSPS) is 11.3. The lowest BCUT2D eigenvalue weighted by Gasteiger charge is -2.26. The first-order valence-electron chi connectivity index (χ1n) is 13.3. The van der Waals surface area contributed by atoms with Crippen LogP contribution >= 0.6 is 0 Å². The number of sulfonamides is 1. The molecule has 0 saturated heterocycles. The minimum absolute atomic E-state index is 0.0746. The number of rotatable bonds is 11. The van der Waals surface area contributed by atoms with E-state index in [0.717, 1.165) is 21.0 Å². The minimum Gasteiger partial charge on any atom is -0.484 e. The van der Waals surface area contributed by atoms with E-state index in [9.17, 15) is 22.4 Å². The van der Waals surface area contributed by atoms with E-state index >= 15 is 0 Å². The van der Waals surface area contributed by atoms with Crippen LogP contribution in [0.25, 0.3) is 0 Å². The molecule has 0 fully saturated rings. The number of benzene rings is 4. The van der Waals surface area contributed by atoms with Gasteiger partial charge in [0.05, 0.1) is 16.8 Å². The van der Waals surface area contributed by atoms with Crippen molar-refractivity contribution in [1.29, 1.82) is 0 Å². The van der Waals surface area contributed by atoms with Crippen molar-refractivity contribution in [2.75, 3.05) is 22.8 Å². The SMILES string of the molecule is Cc1ccc(S(=O)(=O)N(CC(=O)N/N=C\c2ccc(OCC(=O)Nc3ccc(F)cc3)cc2)c2cccc(C)c2C)cc1. The van der Waals surface area contributed by atoms with Gasteiger partial charge in [0.25, 0.3) is 21.8 Å². The van der Waals surface area contributed by atoms with Gasteiger partial charge in [-0.25, -0.2) is 18.2 Å². The molecule has 0 aromatic heterocycles. The second-order valence-corrected chi connectivity index (χ2v) is 11.6. The molecule has 222 valence electrons. The Morgan fingerprint density at radius 2 is 1.56 bits per heavy atom. The Kier molecular flexibility index (Phi) is 9.89. The predicted molar refractivity (Wildman–Crippen MR) is 164 cm³/mol. The van der Waals surface area contributed by atoms with Crippen molar-refractivity contribution < 1.29 is 27.1 Å². The summed E-state index contributed by atoms with van der Waals surface area (Å²) in [5, 5.41) is 6.58. The lowest BCUT2D eigenvalue weighted by Crippen LogP contribution is -2.40. The fourth-order valence-corrected chi connectivity index (χ4v) is 5.50. The van der Waals surface area contributed by atoms with Crippen LogP contribution in [0.15, 0.2) is 101 Å². The molecule has 4 aromatic rings. The van der Waals surface area contributed by atoms with E-state index in [0.29, 0.717) is 22.7 Å². The van der Waals surface area contributed by atoms with Crippen LogP contribution in [0, 0.1) is 26.6 Å². The summed E-state index contributed by atoms with van der Waals surface area (Å²) in [5.74, 6) is -0.997. The van der Waals surface area contributed by atoms with E-state index in [1.807, 2.05) is 26.8 Å². The van der Waals surface area contributed by atoms with Crippen molar-refractivity contribution >= 4 is 39.4 Å². The van der Waals surface area contributed by atoms with Crippen LogP contribution in [0.2, 0.25) is 0 Å². The van der Waals surface area contributed by atoms with Crippen molar-refractivity contribution in [3.63, 3.8) is 0 Å². The smallest absolute Gasteiger partial charge is 0.264 e. The molecule has 11 heteroatoms. The zero-order chi connectivity index (χ0) is 31.0. The standard InChI is InChI=1S/C32H31FN4O5S/c1-22-7-17-29(18-8-22)43(40,41)37(30-6-4-5-23(2)24(30)3)20-31(38)36-34-19-25-9-15-28(16-10-25)42-21-32(39)35-27-13-11-26(33)12-14-27/h4-19H,20-21H2,1-3H3,(H,35,39)(H,36,38)/b34-19-. The maximum atomic E-state index is 13.6. The third-order valence-corrected chi connectivity index (χ3v) is 8.30. The number of hydrogen-bond donors (Lipinski definition) is 2. The fraction of sp³-hybridized carbons (Fsp3) is 0.156. The van der Waals surface area contributed by atoms with Crippen LogP contribution in [-0.4, -0.2) is 39.6 Å². The average molecular weight is 603 g/mol. The van der Waals surface area contributed by atoms with Crippen LogP contribution in [0.1, 0.15) is 22.3 Å². The zero-order valence-corrected chi connectivity index (χ0v) is 24.7. The predicted octanol–water partition coefficient (Wildman–Crippen LogP) is 5.11. The summed E-state index contributed by atoms with van der Waals surface area (Å²) < 4.78 is 46.8. The summed E-state index contributed by atoms with van der Waals surface area (Å²) >= 11 is 0. The highest BCUT2D eigenvalue weighted by Crippen LogP contribution is 2.28. The second kappa shape index (κ2) is 13.8. The monoisotopic (exact) mass is 602 g/mol. The minimum atomic E-state index is -4.06. The molecule has 0 atom stereocenters. The molecule has 0 aliphatic carbocycles. The molecule has 0 saturated carbocycles. The molecule has 4 aromatic carbocycles. The molecule has 0 unspecified atom stereocenters. The maximum Gasteiger partial charge on any atom is 0.264 e. The average Bonchev–Trinajstić information content (AvgIpc) is 2.98. The van der Waals surface area contributed by atoms with Crippen molar-refractivity contribution in [2.45, 2.75) is 25.7 Å². The van der Waals surface area contributed by atoms with Crippen LogP contribution in [0.5, 0.6) is 5.75 Å². The van der Waals surface area contributed by atoms with Crippen molar-refractivity contribution in [3.05, 3.63) is 119 Å². The number of nitrogens with zero attached hydrogens (tertiary/aromatic N) is 2. The molecule has 0 heterocycles. The van der Waals surface area contributed by atoms with E-state index in [2.05, 4.69) is 15.8 Å². The molecule has 4 rings (SSSR count). The van der Waals surface area contributed by atoms with Gasteiger partial charge < -0.3 is 10.1 Å². The number of carbonyl (C=O) groups excluding carboxylic acids is 2. The number of amides is 2. The Hall–Kier alpha value is -5.03. The Bertz CT molecular complexity index is 1720. The molecule has 9 nitrogen and oxygen atoms in total. The lowest BCUT2D eigenvalue weighted by molar-refractivity contribution is -0.119. The van der Waals surface area contributed by atoms with Gasteiger partial charge in [-0.15, -0.1) is 0 Å². The first-order valence-corrected chi connectivity index (χ1v) is 14.7. The third kappa shape index (κ3) is 8.26. The number of halogens is 1. The number of ether oxygens (including phenoxy) is 1. The highest BCUT2D eigenvalue weighted by molar-refractivity contribution is 7.92. The number of carbonyl (C=O) groups is 2. The van der Waals surface area contributed by atoms with Crippen LogP contribution < -0.4 is 19.8 Å². The number of anilines is 2. The molecule has 0 aliphatic rings. The van der Waals surface area contributed by atoms with E-state index in [-0.39, 0.29) is 11.5 Å². The van der Waals surface area contributed by atoms with E-state index in [4.69, 9.17) is 4.74 Å². The number of aryl methyl sites for hydroxylation is 2. The van der Waals surface area contributed by atoms with Crippen LogP contribution in [0.3, 0.4) is 0 Å². The number of nitrogens with one attached hydrogen (secondary N) is 2. The Labute approximate surface area is 250 Å². The van der Waals surface area contributed by atoms with E-state index < -0.39 is 34.2 Å². The van der Waals surface area contributed by atoms with Gasteiger partial charge in [-0.05, 0) is 104 Å². The first kappa shape index (κ1) is 30.9. The molecule has 2 amide bonds. The van der Waals surface area contributed by atoms with Gasteiger partial charge in [0.2, 0.25) is 0 Å². The van der Waals surface area contributed by atoms with E-state index in [1.54, 1.807) is 48.5 Å². The highest BCUT2D eigenvalue weighted by atomic mass is 32.2. The Morgan fingerprint density at radius 1 is 0.884 bits per heavy atom. The summed E-state index contributed by atoms with van der Waals surface area (Å²) in [4.78, 5) is 25.0. The highest BCUT2D eigenvalue weighted by Gasteiger charge is 2.28. The molecule has 0 bridgehead atoms. The van der Waals surface area contributed by atoms with Gasteiger partial charge in [0.1, 0.15) is 18.1 Å². The number of hydrazone groups is 1. The van der Waals surface area contributed by atoms with Crippen molar-refractivity contribution in [2.24, 2.45) is 5.10 Å². The second-order valence-electron chi connectivity index (χ2n) is 9.75. The molecule has 0 aliphatic heterocycles. The summed E-state index contributed by atoms with van der Waals surface area (Å²) in [5.41, 5.74) is 6.42. The molecular weight excluding hydrogens is 571 g/mol. The summed E-state index contributed by atoms with van der Waals surface area (Å²) in [6, 6.07) is 23.7. The molecule has 43 heavy (non-hydrogen) atoms. The van der Waals surface area contributed by atoms with E-state index in [1.165, 1.54) is 42.6 Å². The van der Waals surface area contributed by atoms with Gasteiger partial charge in [-0.2, -0.15) is 5.10 Å². The molecule has 2 N–H and O–H groups in total. The first-order chi connectivity index (χ1) is 20.5. The summed E-state index contributed by atoms with van der Waals surface area (Å²) in [7, 11) is -4.06. The van der Waals surface area contributed by atoms with Crippen molar-refractivity contribution in [3.8, 4) is 5.75 Å². The lowest BCUT2D eigenvalue weighted by atomic mass is 10.1. The fourth-order valence-electron chi connectivity index (χ4n) is 4.02. The van der Waals surface area contributed by atoms with Gasteiger partial charge in [0.15, 0.2) is 6.61 Å². The number of hydrogen-bond acceptors (Lipinski definition) is 6. The van der Waals surface area contributed by atoms with Gasteiger partial charge in [-0.1, -0.05) is 29.8 Å². The van der Waals surface area contributed by atoms with Gasteiger partial charge in [-0.3, -0.25) is 13.9 Å². The van der Waals surface area contributed by atoms with Crippen LogP contribution in [0.4, 0.5) is 15.8 Å². The quantitative estimate of drug-likeness (QED) is 0.183.